The third-order valence-electron chi connectivity index (χ3n) is 2.78. The third-order valence-corrected chi connectivity index (χ3v) is 2.78. The molecule has 1 heterocycles. The zero-order valence-electron chi connectivity index (χ0n) is 8.63. The van der Waals surface area contributed by atoms with Crippen LogP contribution in [0.3, 0.4) is 0 Å². The molecular formula is C11H11N2O3. The Labute approximate surface area is 92.8 Å². The highest BCUT2D eigenvalue weighted by atomic mass is 16.6. The number of anilines is 1. The van der Waals surface area contributed by atoms with Crippen LogP contribution in [0.1, 0.15) is 12.8 Å². The van der Waals surface area contributed by atoms with Gasteiger partial charge in [-0.1, -0.05) is 0 Å². The molecule has 1 aromatic rings. The Hall–Kier alpha value is -1.91. The maximum Gasteiger partial charge on any atom is 0.269 e. The molecule has 1 aliphatic heterocycles. The molecule has 0 aromatic heterocycles. The van der Waals surface area contributed by atoms with Crippen LogP contribution in [0.15, 0.2) is 24.3 Å². The lowest BCUT2D eigenvalue weighted by Crippen LogP contribution is -2.30. The van der Waals surface area contributed by atoms with Crippen LogP contribution in [0, 0.1) is 10.1 Å². The van der Waals surface area contributed by atoms with E-state index in [9.17, 15) is 14.9 Å². The molecule has 5 nitrogen and oxygen atoms in total. The zero-order valence-corrected chi connectivity index (χ0v) is 8.63. The molecule has 1 radical (unpaired) electrons. The van der Waals surface area contributed by atoms with Gasteiger partial charge in [-0.2, -0.15) is 0 Å². The summed E-state index contributed by atoms with van der Waals surface area (Å²) in [5, 5.41) is 10.5. The van der Waals surface area contributed by atoms with Crippen LogP contribution < -0.4 is 4.90 Å². The van der Waals surface area contributed by atoms with Crippen molar-refractivity contribution in [2.45, 2.75) is 18.9 Å². The summed E-state index contributed by atoms with van der Waals surface area (Å²) in [4.78, 5) is 22.7. The Bertz CT molecular complexity index is 402. The molecule has 1 aliphatic rings. The molecule has 1 fully saturated rings. The normalized spacial score (nSPS) is 19.8. The Balaban J connectivity index is 2.21. The lowest BCUT2D eigenvalue weighted by molar-refractivity contribution is -0.384. The Morgan fingerprint density at radius 3 is 2.62 bits per heavy atom. The van der Waals surface area contributed by atoms with E-state index in [2.05, 4.69) is 0 Å². The monoisotopic (exact) mass is 219 g/mol. The summed E-state index contributed by atoms with van der Waals surface area (Å²) in [6.45, 7) is 0.803. The fourth-order valence-electron chi connectivity index (χ4n) is 1.96. The third kappa shape index (κ3) is 1.88. The van der Waals surface area contributed by atoms with Crippen LogP contribution in [0.5, 0.6) is 0 Å². The highest BCUT2D eigenvalue weighted by Gasteiger charge is 2.25. The molecule has 0 saturated carbocycles. The summed E-state index contributed by atoms with van der Waals surface area (Å²) in [6, 6.07) is 6.05. The van der Waals surface area contributed by atoms with E-state index < -0.39 is 4.92 Å². The molecule has 1 aromatic carbocycles. The van der Waals surface area contributed by atoms with Crippen molar-refractivity contribution in [1.82, 2.24) is 0 Å². The largest absolute Gasteiger partial charge is 0.361 e. The number of hydrogen-bond acceptors (Lipinski definition) is 4. The predicted molar refractivity (Wildman–Crippen MR) is 59.2 cm³/mol. The van der Waals surface area contributed by atoms with Crippen molar-refractivity contribution in [3.8, 4) is 0 Å². The van der Waals surface area contributed by atoms with Crippen LogP contribution in [0.4, 0.5) is 11.4 Å². The standard InChI is InChI=1S/C11H11N2O3/c14-8-11-2-1-7-12(11)9-3-5-10(6-4-9)13(15)16/h3-6,11H,1-2,7H2/t11-/m0/s1. The van der Waals surface area contributed by atoms with Crippen molar-refractivity contribution in [2.24, 2.45) is 0 Å². The van der Waals surface area contributed by atoms with E-state index in [1.54, 1.807) is 12.1 Å². The second kappa shape index (κ2) is 4.30. The molecule has 0 unspecified atom stereocenters. The van der Waals surface area contributed by atoms with E-state index >= 15 is 0 Å². The maximum atomic E-state index is 10.7. The van der Waals surface area contributed by atoms with Gasteiger partial charge < -0.3 is 4.90 Å². The van der Waals surface area contributed by atoms with Gasteiger partial charge >= 0.3 is 0 Å². The summed E-state index contributed by atoms with van der Waals surface area (Å²) >= 11 is 0. The van der Waals surface area contributed by atoms with E-state index in [0.717, 1.165) is 25.1 Å². The molecule has 83 valence electrons. The molecular weight excluding hydrogens is 208 g/mol. The first-order valence-corrected chi connectivity index (χ1v) is 5.11. The van der Waals surface area contributed by atoms with E-state index in [1.807, 2.05) is 11.2 Å². The quantitative estimate of drug-likeness (QED) is 0.573. The second-order valence-corrected chi connectivity index (χ2v) is 3.74. The summed E-state index contributed by atoms with van der Waals surface area (Å²) in [7, 11) is 0. The van der Waals surface area contributed by atoms with Gasteiger partial charge in [0.1, 0.15) is 0 Å². The van der Waals surface area contributed by atoms with E-state index in [1.165, 1.54) is 12.1 Å². The number of nitro groups is 1. The van der Waals surface area contributed by atoms with Gasteiger partial charge in [0.15, 0.2) is 0 Å². The molecule has 16 heavy (non-hydrogen) atoms. The lowest BCUT2D eigenvalue weighted by atomic mass is 10.2. The molecule has 5 heteroatoms. The Morgan fingerprint density at radius 2 is 2.06 bits per heavy atom. The summed E-state index contributed by atoms with van der Waals surface area (Å²) < 4.78 is 0. The topological polar surface area (TPSA) is 63.5 Å². The molecule has 0 spiro atoms. The summed E-state index contributed by atoms with van der Waals surface area (Å²) in [6.07, 6.45) is 3.75. The summed E-state index contributed by atoms with van der Waals surface area (Å²) in [5.74, 6) is 0. The first-order valence-electron chi connectivity index (χ1n) is 5.11. The van der Waals surface area contributed by atoms with Crippen molar-refractivity contribution < 1.29 is 9.72 Å². The van der Waals surface area contributed by atoms with Gasteiger partial charge in [0.25, 0.3) is 5.69 Å². The Morgan fingerprint density at radius 1 is 1.38 bits per heavy atom. The predicted octanol–water partition coefficient (Wildman–Crippen LogP) is 1.67. The fourth-order valence-corrected chi connectivity index (χ4v) is 1.96. The van der Waals surface area contributed by atoms with Gasteiger partial charge in [-0.15, -0.1) is 0 Å². The van der Waals surface area contributed by atoms with E-state index in [4.69, 9.17) is 0 Å². The van der Waals surface area contributed by atoms with Crippen molar-refractivity contribution >= 4 is 17.7 Å². The van der Waals surface area contributed by atoms with Crippen molar-refractivity contribution in [2.75, 3.05) is 11.4 Å². The van der Waals surface area contributed by atoms with Crippen molar-refractivity contribution in [3.05, 3.63) is 34.4 Å². The number of nitrogens with zero attached hydrogens (tertiary/aromatic N) is 2. The van der Waals surface area contributed by atoms with Gasteiger partial charge in [-0.05, 0) is 25.0 Å². The average Bonchev–Trinajstić information content (AvgIpc) is 2.77. The van der Waals surface area contributed by atoms with Gasteiger partial charge in [0.05, 0.1) is 11.0 Å². The number of nitro benzene ring substituents is 1. The molecule has 0 amide bonds. The van der Waals surface area contributed by atoms with Crippen LogP contribution >= 0.6 is 0 Å². The van der Waals surface area contributed by atoms with E-state index in [-0.39, 0.29) is 11.7 Å². The number of non-ortho nitro benzene ring substituents is 1. The van der Waals surface area contributed by atoms with Crippen molar-refractivity contribution in [3.63, 3.8) is 0 Å². The molecule has 0 aliphatic carbocycles. The van der Waals surface area contributed by atoms with Gasteiger partial charge in [-0.3, -0.25) is 14.9 Å². The molecule has 1 saturated heterocycles. The van der Waals surface area contributed by atoms with Crippen LogP contribution in [-0.2, 0) is 4.79 Å². The Kier molecular flexibility index (Phi) is 2.85. The van der Waals surface area contributed by atoms with Crippen molar-refractivity contribution in [1.29, 1.82) is 0 Å². The molecule has 1 atom stereocenters. The smallest absolute Gasteiger partial charge is 0.269 e. The zero-order chi connectivity index (χ0) is 11.5. The van der Waals surface area contributed by atoms with E-state index in [0.29, 0.717) is 0 Å². The van der Waals surface area contributed by atoms with Gasteiger partial charge in [0.2, 0.25) is 6.29 Å². The number of rotatable bonds is 3. The van der Waals surface area contributed by atoms with Crippen LogP contribution in [0.25, 0.3) is 0 Å². The van der Waals surface area contributed by atoms with Gasteiger partial charge in [0, 0.05) is 24.4 Å². The first kappa shape index (κ1) is 10.6. The highest BCUT2D eigenvalue weighted by Crippen LogP contribution is 2.26. The van der Waals surface area contributed by atoms with Crippen LogP contribution in [-0.4, -0.2) is 23.8 Å². The summed E-state index contributed by atoms with van der Waals surface area (Å²) in [5.41, 5.74) is 0.908. The molecule has 0 bridgehead atoms. The first-order chi connectivity index (χ1) is 7.72. The second-order valence-electron chi connectivity index (χ2n) is 3.74. The number of benzene rings is 1. The SMILES string of the molecule is O=[C][C@@H]1CCCN1c1ccc([N+](=O)[O-])cc1. The molecule has 2 rings (SSSR count). The minimum Gasteiger partial charge on any atom is -0.361 e. The highest BCUT2D eigenvalue weighted by molar-refractivity contribution is 5.68. The molecule has 0 N–H and O–H groups in total. The minimum absolute atomic E-state index is 0.0644. The number of carbonyl (C=O) groups excluding carboxylic acids is 1. The maximum absolute atomic E-state index is 10.7. The average molecular weight is 219 g/mol. The lowest BCUT2D eigenvalue weighted by Gasteiger charge is -2.21. The van der Waals surface area contributed by atoms with Crippen LogP contribution in [0.2, 0.25) is 0 Å². The van der Waals surface area contributed by atoms with Gasteiger partial charge in [-0.25, -0.2) is 0 Å². The fraction of sp³-hybridized carbons (Fsp3) is 0.364. The number of hydrogen-bond donors (Lipinski definition) is 0. The minimum atomic E-state index is -0.433.